The third-order valence-electron chi connectivity index (χ3n) is 8.27. The molecule has 30 heteroatoms. The molecule has 0 amide bonds. The van der Waals surface area contributed by atoms with Gasteiger partial charge in [0.25, 0.3) is 17.1 Å². The van der Waals surface area contributed by atoms with Crippen LogP contribution in [-0.2, 0) is 57.4 Å². The first-order chi connectivity index (χ1) is 25.2. The van der Waals surface area contributed by atoms with Crippen molar-refractivity contribution in [2.24, 2.45) is 7.05 Å². The minimum absolute atomic E-state index is 0.0370. The number of H-pyrrole nitrogens is 2. The number of imidazole rings is 2. The van der Waals surface area contributed by atoms with Crippen molar-refractivity contribution in [3.8, 4) is 0 Å². The lowest BCUT2D eigenvalue weighted by molar-refractivity contribution is -0.746. The maximum absolute atomic E-state index is 12.7. The van der Waals surface area contributed by atoms with Crippen LogP contribution in [0, 0.1) is 6.92 Å². The molecule has 0 aliphatic carbocycles. The van der Waals surface area contributed by atoms with E-state index in [1.54, 1.807) is 0 Å². The van der Waals surface area contributed by atoms with Crippen LogP contribution in [0.3, 0.4) is 0 Å². The number of phosphoric ester groups is 2. The molecular formula is C24H35N9O18P3+. The average Bonchev–Trinajstić information content (AvgIpc) is 3.79. The number of nitrogen functional groups attached to an aromatic ring is 1. The summed E-state index contributed by atoms with van der Waals surface area (Å²) in [6.07, 6.45) is -8.20. The molecule has 11 atom stereocenters. The molecular weight excluding hydrogens is 795 g/mol. The standard InChI is InChI=1S/C24H34N9O18P3/c1-9-27-18-12(20(36)28-9)26-7-32(18)22-15(35)16(44-3)11(49-22)6-47-53(40,41)51-54(42,43)50-52(38,39)46-5-10-14(34)17(45-4)23(48-10)33-8-31(2)13-19(33)29-24(25)30-21(13)37/h7-8,10-11,14-17,22-23,34-35H,5-6H2,1-4H3,(H6-,25,27,28,29,30,36,37,38,39,40,41,42,43)/p+1/t10-,11-,14+,15+,16?,17?,22-,23-/m1/s1. The van der Waals surface area contributed by atoms with Crippen LogP contribution in [0.4, 0.5) is 5.95 Å². The van der Waals surface area contributed by atoms with Crippen molar-refractivity contribution >= 4 is 51.7 Å². The van der Waals surface area contributed by atoms with E-state index in [0.29, 0.717) is 0 Å². The van der Waals surface area contributed by atoms with Crippen LogP contribution in [0.15, 0.2) is 22.2 Å². The lowest BCUT2D eigenvalue weighted by Gasteiger charge is -2.21. The number of aromatic amines is 2. The Hall–Kier alpha value is -3.33. The first-order valence-electron chi connectivity index (χ1n) is 15.4. The summed E-state index contributed by atoms with van der Waals surface area (Å²) in [5.74, 6) is 0.00609. The molecule has 0 radical (unpaired) electrons. The van der Waals surface area contributed by atoms with E-state index in [1.807, 2.05) is 0 Å². The molecule has 0 bridgehead atoms. The van der Waals surface area contributed by atoms with Crippen molar-refractivity contribution in [3.05, 3.63) is 39.2 Å². The van der Waals surface area contributed by atoms with Crippen LogP contribution >= 0.6 is 23.5 Å². The summed E-state index contributed by atoms with van der Waals surface area (Å²) in [4.78, 5) is 72.2. The van der Waals surface area contributed by atoms with E-state index in [1.165, 1.54) is 54.5 Å². The van der Waals surface area contributed by atoms with Gasteiger partial charge in [-0.15, -0.1) is 0 Å². The maximum atomic E-state index is 12.7. The van der Waals surface area contributed by atoms with E-state index in [4.69, 9.17) is 33.7 Å². The summed E-state index contributed by atoms with van der Waals surface area (Å²) >= 11 is 0. The van der Waals surface area contributed by atoms with E-state index in [9.17, 15) is 48.2 Å². The van der Waals surface area contributed by atoms with Gasteiger partial charge in [0.1, 0.15) is 42.4 Å². The zero-order chi connectivity index (χ0) is 39.5. The Kier molecular flexibility index (Phi) is 11.2. The summed E-state index contributed by atoms with van der Waals surface area (Å²) in [5, 5.41) is 21.7. The van der Waals surface area contributed by atoms with E-state index in [0.717, 1.165) is 0 Å². The number of aliphatic hydroxyl groups is 2. The SMILES string of the molecule is COC1[C@@H](O)[C@@H](COP(=O)(O)OP(=O)(O)OP(=O)(O)OC[C@H]2O[C@@H](n3cnc4c(=O)[nH]c(C)nc43)[C@@H](O)C2OC)O[C@H]1[n+]1cn(C)c2c(=O)[nH]c(N)nc21. The minimum Gasteiger partial charge on any atom is -0.387 e. The molecule has 0 spiro atoms. The van der Waals surface area contributed by atoms with Gasteiger partial charge < -0.3 is 54.6 Å². The number of fused-ring (bicyclic) bond motifs is 2. The van der Waals surface area contributed by atoms with Crippen LogP contribution < -0.4 is 21.4 Å². The highest BCUT2D eigenvalue weighted by molar-refractivity contribution is 7.66. The Morgan fingerprint density at radius 2 is 1.54 bits per heavy atom. The summed E-state index contributed by atoms with van der Waals surface area (Å²) in [7, 11) is -13.3. The van der Waals surface area contributed by atoms with Gasteiger partial charge in [0.15, 0.2) is 23.7 Å². The van der Waals surface area contributed by atoms with Crippen molar-refractivity contribution in [1.29, 1.82) is 0 Å². The van der Waals surface area contributed by atoms with Gasteiger partial charge in [-0.2, -0.15) is 8.62 Å². The van der Waals surface area contributed by atoms with Gasteiger partial charge in [0, 0.05) is 14.2 Å². The second-order valence-corrected chi connectivity index (χ2v) is 16.5. The zero-order valence-electron chi connectivity index (χ0n) is 28.3. The molecule has 54 heavy (non-hydrogen) atoms. The Balaban J connectivity index is 1.07. The Morgan fingerprint density at radius 3 is 2.17 bits per heavy atom. The van der Waals surface area contributed by atoms with Crippen LogP contribution in [-0.4, -0.2) is 123 Å². The molecule has 27 nitrogen and oxygen atoms in total. The van der Waals surface area contributed by atoms with Crippen molar-refractivity contribution in [2.45, 2.75) is 56.0 Å². The van der Waals surface area contributed by atoms with E-state index < -0.39 is 96.9 Å². The highest BCUT2D eigenvalue weighted by Gasteiger charge is 2.51. The number of nitrogens with one attached hydrogen (secondary N) is 2. The third-order valence-corrected chi connectivity index (χ3v) is 12.5. The molecule has 6 rings (SSSR count). The molecule has 2 aliphatic heterocycles. The monoisotopic (exact) mass is 830 g/mol. The normalized spacial score (nSPS) is 29.4. The number of nitrogens with two attached hydrogens (primary N) is 1. The topological polar surface area (TPSA) is 370 Å². The van der Waals surface area contributed by atoms with E-state index >= 15 is 0 Å². The van der Waals surface area contributed by atoms with Gasteiger partial charge in [-0.3, -0.25) is 32.8 Å². The Labute approximate surface area is 301 Å². The second kappa shape index (κ2) is 15.0. The molecule has 5 unspecified atom stereocenters. The summed E-state index contributed by atoms with van der Waals surface area (Å²) < 4.78 is 81.7. The first kappa shape index (κ1) is 40.3. The number of aliphatic hydroxyl groups excluding tert-OH is 2. The van der Waals surface area contributed by atoms with Crippen LogP contribution in [0.25, 0.3) is 22.3 Å². The first-order valence-corrected chi connectivity index (χ1v) is 19.9. The van der Waals surface area contributed by atoms with Crippen LogP contribution in [0.2, 0.25) is 0 Å². The fraction of sp³-hybridized carbons (Fsp3) is 0.583. The van der Waals surface area contributed by atoms with Crippen LogP contribution in [0.1, 0.15) is 18.3 Å². The molecule has 2 fully saturated rings. The number of hydrogen-bond acceptors (Lipinski definition) is 19. The summed E-state index contributed by atoms with van der Waals surface area (Å²) in [6, 6.07) is 0. The lowest BCUT2D eigenvalue weighted by atomic mass is 10.1. The fourth-order valence-electron chi connectivity index (χ4n) is 6.04. The highest BCUT2D eigenvalue weighted by atomic mass is 31.3. The largest absolute Gasteiger partial charge is 0.490 e. The lowest BCUT2D eigenvalue weighted by Crippen LogP contribution is -2.47. The molecule has 2 saturated heterocycles. The molecule has 4 aromatic rings. The van der Waals surface area contributed by atoms with Crippen molar-refractivity contribution in [2.75, 3.05) is 33.2 Å². The van der Waals surface area contributed by atoms with Gasteiger partial charge in [0.2, 0.25) is 11.7 Å². The Bertz CT molecular complexity index is 2310. The number of aryl methyl sites for hydroxylation is 2. The molecule has 9 N–H and O–H groups in total. The van der Waals surface area contributed by atoms with Gasteiger partial charge in [-0.1, -0.05) is 4.98 Å². The fourth-order valence-corrected chi connectivity index (χ4v) is 9.57. The number of phosphoric acid groups is 3. The summed E-state index contributed by atoms with van der Waals surface area (Å²) in [6.45, 7) is -0.384. The van der Waals surface area contributed by atoms with Gasteiger partial charge >= 0.3 is 29.1 Å². The average molecular weight is 831 g/mol. The Morgan fingerprint density at radius 1 is 0.907 bits per heavy atom. The van der Waals surface area contributed by atoms with Gasteiger partial charge in [0.05, 0.1) is 26.6 Å². The maximum Gasteiger partial charge on any atom is 0.490 e. The minimum atomic E-state index is -5.95. The molecule has 0 saturated carbocycles. The quantitative estimate of drug-likeness (QED) is 0.0480. The molecule has 6 heterocycles. The number of nitrogens with zero attached hydrogens (tertiary/aromatic N) is 6. The molecule has 0 aromatic carbocycles. The summed E-state index contributed by atoms with van der Waals surface area (Å²) in [5.41, 5.74) is 4.63. The molecule has 2 aliphatic rings. The smallest absolute Gasteiger partial charge is 0.387 e. The van der Waals surface area contributed by atoms with Crippen molar-refractivity contribution in [1.82, 2.24) is 34.1 Å². The predicted octanol–water partition coefficient (Wildman–Crippen LogP) is -2.51. The van der Waals surface area contributed by atoms with E-state index in [-0.39, 0.29) is 34.1 Å². The third kappa shape index (κ3) is 7.99. The van der Waals surface area contributed by atoms with E-state index in [2.05, 4.69) is 33.5 Å². The van der Waals surface area contributed by atoms with Crippen molar-refractivity contribution < 1.29 is 79.8 Å². The predicted molar refractivity (Wildman–Crippen MR) is 174 cm³/mol. The number of methoxy groups -OCH3 is 2. The molecule has 298 valence electrons. The van der Waals surface area contributed by atoms with Gasteiger partial charge in [-0.25, -0.2) is 28.2 Å². The van der Waals surface area contributed by atoms with Crippen molar-refractivity contribution in [3.63, 3.8) is 0 Å². The second-order valence-electron chi connectivity index (χ2n) is 11.9. The number of ether oxygens (including phenoxy) is 4. The number of aromatic nitrogens is 8. The molecule has 4 aromatic heterocycles. The zero-order valence-corrected chi connectivity index (χ0v) is 31.0. The highest BCUT2D eigenvalue weighted by Crippen LogP contribution is 2.67. The number of rotatable bonds is 14. The van der Waals surface area contributed by atoms with Crippen LogP contribution in [0.5, 0.6) is 0 Å². The number of hydrogen-bond donors (Lipinski definition) is 8. The number of anilines is 1. The van der Waals surface area contributed by atoms with Gasteiger partial charge in [-0.05, 0) is 6.92 Å².